The van der Waals surface area contributed by atoms with Crippen molar-refractivity contribution in [1.29, 1.82) is 0 Å². The van der Waals surface area contributed by atoms with Gasteiger partial charge in [-0.3, -0.25) is 4.79 Å². The van der Waals surface area contributed by atoms with Crippen LogP contribution in [0.25, 0.3) is 0 Å². The molecule has 0 radical (unpaired) electrons. The molecule has 1 aromatic carbocycles. The van der Waals surface area contributed by atoms with Gasteiger partial charge in [0.15, 0.2) is 0 Å². The van der Waals surface area contributed by atoms with Crippen LogP contribution < -0.4 is 5.73 Å². The first-order chi connectivity index (χ1) is 7.59. The number of halogens is 1. The molecule has 0 aliphatic heterocycles. The first kappa shape index (κ1) is 11.3. The predicted molar refractivity (Wildman–Crippen MR) is 65.6 cm³/mol. The van der Waals surface area contributed by atoms with Crippen molar-refractivity contribution in [2.45, 2.75) is 25.3 Å². The molecule has 0 aromatic heterocycles. The molecule has 1 aliphatic carbocycles. The van der Waals surface area contributed by atoms with Gasteiger partial charge < -0.3 is 10.6 Å². The van der Waals surface area contributed by atoms with Crippen LogP contribution in [0.15, 0.2) is 18.2 Å². The molecule has 1 saturated carbocycles. The number of carbonyl (C=O) groups is 1. The van der Waals surface area contributed by atoms with E-state index in [4.69, 9.17) is 17.3 Å². The molecule has 2 rings (SSSR count). The van der Waals surface area contributed by atoms with E-state index in [1.54, 1.807) is 23.1 Å². The lowest BCUT2D eigenvalue weighted by Crippen LogP contribution is -2.41. The largest absolute Gasteiger partial charge is 0.399 e. The Bertz CT molecular complexity index is 415. The van der Waals surface area contributed by atoms with Gasteiger partial charge in [-0.15, -0.1) is 0 Å². The normalized spacial score (nSPS) is 15.6. The van der Waals surface area contributed by atoms with Gasteiger partial charge in [0.1, 0.15) is 0 Å². The van der Waals surface area contributed by atoms with Crippen molar-refractivity contribution in [3.8, 4) is 0 Å². The van der Waals surface area contributed by atoms with E-state index in [0.29, 0.717) is 22.3 Å². The average Bonchev–Trinajstić information content (AvgIpc) is 2.18. The fraction of sp³-hybridized carbons (Fsp3) is 0.417. The van der Waals surface area contributed by atoms with Gasteiger partial charge in [0.2, 0.25) is 0 Å². The van der Waals surface area contributed by atoms with Gasteiger partial charge >= 0.3 is 0 Å². The monoisotopic (exact) mass is 238 g/mol. The number of rotatable bonds is 2. The Morgan fingerprint density at radius 1 is 1.50 bits per heavy atom. The fourth-order valence-electron chi connectivity index (χ4n) is 1.84. The van der Waals surface area contributed by atoms with Gasteiger partial charge in [0.25, 0.3) is 5.91 Å². The Hall–Kier alpha value is -1.22. The Labute approximate surface area is 100 Å². The van der Waals surface area contributed by atoms with E-state index >= 15 is 0 Å². The van der Waals surface area contributed by atoms with E-state index in [-0.39, 0.29) is 5.91 Å². The van der Waals surface area contributed by atoms with Crippen LogP contribution in [0.4, 0.5) is 5.69 Å². The summed E-state index contributed by atoms with van der Waals surface area (Å²) >= 11 is 6.00. The zero-order valence-corrected chi connectivity index (χ0v) is 10.00. The SMILES string of the molecule is CN(C(=O)c1cc(N)ccc1Cl)C1CCC1. The number of hydrogen-bond acceptors (Lipinski definition) is 2. The Balaban J connectivity index is 2.22. The van der Waals surface area contributed by atoms with E-state index < -0.39 is 0 Å². The van der Waals surface area contributed by atoms with Gasteiger partial charge in [-0.1, -0.05) is 11.6 Å². The fourth-order valence-corrected chi connectivity index (χ4v) is 2.03. The van der Waals surface area contributed by atoms with Crippen molar-refractivity contribution in [3.63, 3.8) is 0 Å². The number of nitrogens with two attached hydrogens (primary N) is 1. The standard InChI is InChI=1S/C12H15ClN2O/c1-15(9-3-2-4-9)12(16)10-7-8(14)5-6-11(10)13/h5-7,9H,2-4,14H2,1H3. The predicted octanol–water partition coefficient (Wildman–Crippen LogP) is 2.55. The van der Waals surface area contributed by atoms with Crippen molar-refractivity contribution in [1.82, 2.24) is 4.90 Å². The summed E-state index contributed by atoms with van der Waals surface area (Å²) in [7, 11) is 1.83. The van der Waals surface area contributed by atoms with Crippen molar-refractivity contribution < 1.29 is 4.79 Å². The molecule has 2 N–H and O–H groups in total. The first-order valence-electron chi connectivity index (χ1n) is 5.42. The molecule has 0 unspecified atom stereocenters. The van der Waals surface area contributed by atoms with Crippen LogP contribution in [0.2, 0.25) is 5.02 Å². The summed E-state index contributed by atoms with van der Waals surface area (Å²) in [4.78, 5) is 13.9. The van der Waals surface area contributed by atoms with Gasteiger partial charge in [-0.2, -0.15) is 0 Å². The molecule has 0 saturated heterocycles. The number of nitrogens with zero attached hydrogens (tertiary/aromatic N) is 1. The Kier molecular flexibility index (Phi) is 3.06. The number of benzene rings is 1. The zero-order chi connectivity index (χ0) is 11.7. The van der Waals surface area contributed by atoms with Crippen molar-refractivity contribution >= 4 is 23.2 Å². The number of anilines is 1. The van der Waals surface area contributed by atoms with Crippen LogP contribution in [0.5, 0.6) is 0 Å². The molecule has 0 bridgehead atoms. The Morgan fingerprint density at radius 3 is 2.75 bits per heavy atom. The quantitative estimate of drug-likeness (QED) is 0.805. The summed E-state index contributed by atoms with van der Waals surface area (Å²) in [6, 6.07) is 5.37. The second kappa shape index (κ2) is 4.34. The second-order valence-electron chi connectivity index (χ2n) is 4.24. The third-order valence-corrected chi connectivity index (χ3v) is 3.49. The third kappa shape index (κ3) is 2.00. The maximum Gasteiger partial charge on any atom is 0.255 e. The van der Waals surface area contributed by atoms with E-state index in [1.807, 2.05) is 7.05 Å². The van der Waals surface area contributed by atoms with Gasteiger partial charge in [-0.05, 0) is 37.5 Å². The molecule has 0 atom stereocenters. The molecule has 16 heavy (non-hydrogen) atoms. The third-order valence-electron chi connectivity index (χ3n) is 3.16. The molecule has 86 valence electrons. The highest BCUT2D eigenvalue weighted by atomic mass is 35.5. The van der Waals surface area contributed by atoms with Crippen LogP contribution in [0.3, 0.4) is 0 Å². The maximum absolute atomic E-state index is 12.1. The summed E-state index contributed by atoms with van der Waals surface area (Å²) < 4.78 is 0. The van der Waals surface area contributed by atoms with E-state index in [9.17, 15) is 4.79 Å². The molecule has 1 aromatic rings. The lowest BCUT2D eigenvalue weighted by molar-refractivity contribution is 0.0652. The smallest absolute Gasteiger partial charge is 0.255 e. The number of nitrogen functional groups attached to an aromatic ring is 1. The molecule has 4 heteroatoms. The summed E-state index contributed by atoms with van der Waals surface area (Å²) in [6.45, 7) is 0. The summed E-state index contributed by atoms with van der Waals surface area (Å²) in [6.07, 6.45) is 3.37. The first-order valence-corrected chi connectivity index (χ1v) is 5.79. The van der Waals surface area contributed by atoms with E-state index in [1.165, 1.54) is 6.42 Å². The van der Waals surface area contributed by atoms with Crippen LogP contribution >= 0.6 is 11.6 Å². The van der Waals surface area contributed by atoms with Gasteiger partial charge in [-0.25, -0.2) is 0 Å². The highest BCUT2D eigenvalue weighted by Crippen LogP contribution is 2.27. The molecule has 1 amide bonds. The summed E-state index contributed by atoms with van der Waals surface area (Å²) in [5.74, 6) is -0.0398. The van der Waals surface area contributed by atoms with Crippen molar-refractivity contribution in [3.05, 3.63) is 28.8 Å². The van der Waals surface area contributed by atoms with Crippen molar-refractivity contribution in [2.75, 3.05) is 12.8 Å². The molecular formula is C12H15ClN2O. The van der Waals surface area contributed by atoms with E-state index in [2.05, 4.69) is 0 Å². The highest BCUT2D eigenvalue weighted by molar-refractivity contribution is 6.34. The van der Waals surface area contributed by atoms with Gasteiger partial charge in [0, 0.05) is 18.8 Å². The molecule has 0 heterocycles. The van der Waals surface area contributed by atoms with Gasteiger partial charge in [0.05, 0.1) is 10.6 Å². The molecule has 1 aliphatic rings. The minimum atomic E-state index is -0.0398. The van der Waals surface area contributed by atoms with Crippen LogP contribution in [-0.2, 0) is 0 Å². The van der Waals surface area contributed by atoms with Crippen LogP contribution in [0, 0.1) is 0 Å². The maximum atomic E-state index is 12.1. The topological polar surface area (TPSA) is 46.3 Å². The molecular weight excluding hydrogens is 224 g/mol. The van der Waals surface area contributed by atoms with E-state index in [0.717, 1.165) is 12.8 Å². The zero-order valence-electron chi connectivity index (χ0n) is 9.24. The van der Waals surface area contributed by atoms with Crippen molar-refractivity contribution in [2.24, 2.45) is 0 Å². The highest BCUT2D eigenvalue weighted by Gasteiger charge is 2.27. The minimum absolute atomic E-state index is 0.0398. The number of hydrogen-bond donors (Lipinski definition) is 1. The molecule has 1 fully saturated rings. The van der Waals surface area contributed by atoms with Crippen LogP contribution in [0.1, 0.15) is 29.6 Å². The molecule has 0 spiro atoms. The Morgan fingerprint density at radius 2 is 2.19 bits per heavy atom. The summed E-state index contributed by atoms with van der Waals surface area (Å²) in [5.41, 5.74) is 6.72. The number of carbonyl (C=O) groups excluding carboxylic acids is 1. The second-order valence-corrected chi connectivity index (χ2v) is 4.65. The minimum Gasteiger partial charge on any atom is -0.399 e. The lowest BCUT2D eigenvalue weighted by atomic mass is 9.91. The average molecular weight is 239 g/mol. The lowest BCUT2D eigenvalue weighted by Gasteiger charge is -2.34. The van der Waals surface area contributed by atoms with Crippen LogP contribution in [-0.4, -0.2) is 23.9 Å². The molecule has 3 nitrogen and oxygen atoms in total. The summed E-state index contributed by atoms with van der Waals surface area (Å²) in [5, 5.41) is 0.463. The number of amides is 1.